The van der Waals surface area contributed by atoms with Crippen molar-refractivity contribution in [2.45, 2.75) is 26.3 Å². The number of carbonyl (C=O) groups excluding carboxylic acids is 1. The zero-order valence-corrected chi connectivity index (χ0v) is 19.3. The van der Waals surface area contributed by atoms with Gasteiger partial charge in [0.25, 0.3) is 0 Å². The van der Waals surface area contributed by atoms with Gasteiger partial charge < -0.3 is 15.5 Å². The molecule has 1 aromatic rings. The summed E-state index contributed by atoms with van der Waals surface area (Å²) in [6, 6.07) is 7.31. The maximum atomic E-state index is 11.2. The van der Waals surface area contributed by atoms with Gasteiger partial charge in [-0.15, -0.1) is 0 Å². The topological polar surface area (TPSA) is 61.9 Å². The molecule has 1 atom stereocenters. The monoisotopic (exact) mass is 446 g/mol. The smallest absolute Gasteiger partial charge is 0.161 e. The van der Waals surface area contributed by atoms with Crippen LogP contribution in [0.5, 0.6) is 0 Å². The van der Waals surface area contributed by atoms with Gasteiger partial charge in [0, 0.05) is 43.1 Å². The predicted octanol–water partition coefficient (Wildman–Crippen LogP) is 5.02. The van der Waals surface area contributed by atoms with Crippen LogP contribution in [0.15, 0.2) is 75.8 Å². The zero-order chi connectivity index (χ0) is 22.4. The molecular formula is C23H28Cl2N4O. The Morgan fingerprint density at radius 3 is 2.47 bits per heavy atom. The van der Waals surface area contributed by atoms with E-state index in [0.717, 1.165) is 23.3 Å². The molecule has 160 valence electrons. The van der Waals surface area contributed by atoms with Crippen LogP contribution in [-0.2, 0) is 4.79 Å². The molecule has 1 heterocycles. The van der Waals surface area contributed by atoms with Gasteiger partial charge in [0.1, 0.15) is 0 Å². The van der Waals surface area contributed by atoms with E-state index in [9.17, 15) is 4.79 Å². The Hall–Kier alpha value is -2.50. The van der Waals surface area contributed by atoms with Crippen molar-refractivity contribution in [2.24, 2.45) is 10.7 Å². The molecule has 30 heavy (non-hydrogen) atoms. The lowest BCUT2D eigenvalue weighted by atomic mass is 9.96. The van der Waals surface area contributed by atoms with Gasteiger partial charge in [-0.3, -0.25) is 9.79 Å². The Bertz CT molecular complexity index is 923. The summed E-state index contributed by atoms with van der Waals surface area (Å²) < 4.78 is 0. The van der Waals surface area contributed by atoms with E-state index in [2.05, 4.69) is 13.5 Å². The summed E-state index contributed by atoms with van der Waals surface area (Å²) in [7, 11) is 3.80. The van der Waals surface area contributed by atoms with E-state index in [1.165, 1.54) is 0 Å². The van der Waals surface area contributed by atoms with E-state index < -0.39 is 0 Å². The lowest BCUT2D eigenvalue weighted by molar-refractivity contribution is -0.104. The highest BCUT2D eigenvalue weighted by molar-refractivity contribution is 6.38. The number of aliphatic imine (C=N–C) groups is 1. The number of carbonyl (C=O) groups is 1. The van der Waals surface area contributed by atoms with E-state index in [4.69, 9.17) is 33.9 Å². The van der Waals surface area contributed by atoms with Crippen LogP contribution in [0, 0.1) is 0 Å². The molecule has 0 bridgehead atoms. The van der Waals surface area contributed by atoms with Crippen molar-refractivity contribution in [1.82, 2.24) is 9.80 Å². The fourth-order valence-electron chi connectivity index (χ4n) is 3.36. The third-order valence-corrected chi connectivity index (χ3v) is 4.97. The average Bonchev–Trinajstić information content (AvgIpc) is 2.98. The Labute approximate surface area is 188 Å². The highest BCUT2D eigenvalue weighted by Gasteiger charge is 2.40. The fraction of sp³-hybridized carbons (Fsp3) is 0.304. The van der Waals surface area contributed by atoms with Crippen LogP contribution in [0.25, 0.3) is 0 Å². The molecule has 7 heteroatoms. The van der Waals surface area contributed by atoms with Crippen LogP contribution in [0.3, 0.4) is 0 Å². The molecule has 2 N–H and O–H groups in total. The van der Waals surface area contributed by atoms with E-state index in [1.807, 2.05) is 61.3 Å². The number of hydrogen-bond donors (Lipinski definition) is 1. The minimum Gasteiger partial charge on any atom is -0.402 e. The molecule has 1 aromatic carbocycles. The Kier molecular flexibility index (Phi) is 8.33. The van der Waals surface area contributed by atoms with E-state index in [1.54, 1.807) is 6.08 Å². The molecule has 1 aliphatic heterocycles. The summed E-state index contributed by atoms with van der Waals surface area (Å²) in [5.41, 5.74) is 11.0. The van der Waals surface area contributed by atoms with Crippen molar-refractivity contribution in [2.75, 3.05) is 20.6 Å². The van der Waals surface area contributed by atoms with Gasteiger partial charge in [-0.2, -0.15) is 0 Å². The molecule has 1 saturated heterocycles. The summed E-state index contributed by atoms with van der Waals surface area (Å²) in [5.74, 6) is 0. The Balaban J connectivity index is 2.81. The first-order chi connectivity index (χ1) is 14.2. The van der Waals surface area contributed by atoms with E-state index in [0.29, 0.717) is 34.9 Å². The maximum Gasteiger partial charge on any atom is 0.161 e. The second-order valence-corrected chi connectivity index (χ2v) is 8.14. The van der Waals surface area contributed by atoms with Crippen LogP contribution < -0.4 is 5.73 Å². The van der Waals surface area contributed by atoms with Gasteiger partial charge in [-0.25, -0.2) is 0 Å². The number of aldehydes is 1. The number of allylic oxidation sites excluding steroid dienone is 4. The first-order valence-corrected chi connectivity index (χ1v) is 10.4. The summed E-state index contributed by atoms with van der Waals surface area (Å²) in [4.78, 5) is 19.9. The molecule has 5 nitrogen and oxygen atoms in total. The highest BCUT2D eigenvalue weighted by atomic mass is 35.5. The second kappa shape index (κ2) is 10.5. The van der Waals surface area contributed by atoms with Gasteiger partial charge in [0.2, 0.25) is 0 Å². The summed E-state index contributed by atoms with van der Waals surface area (Å²) in [5, 5.41) is 0.727. The molecule has 0 amide bonds. The van der Waals surface area contributed by atoms with Crippen molar-refractivity contribution in [3.8, 4) is 0 Å². The van der Waals surface area contributed by atoms with Crippen molar-refractivity contribution in [1.29, 1.82) is 0 Å². The van der Waals surface area contributed by atoms with Crippen molar-refractivity contribution in [3.63, 3.8) is 0 Å². The summed E-state index contributed by atoms with van der Waals surface area (Å²) in [6.45, 7) is 8.90. The molecule has 0 aliphatic carbocycles. The lowest BCUT2D eigenvalue weighted by Crippen LogP contribution is -2.23. The van der Waals surface area contributed by atoms with Crippen LogP contribution in [0.1, 0.15) is 31.9 Å². The van der Waals surface area contributed by atoms with Gasteiger partial charge in [-0.1, -0.05) is 48.8 Å². The molecule has 0 spiro atoms. The first-order valence-electron chi connectivity index (χ1n) is 9.66. The number of rotatable bonds is 7. The average molecular weight is 447 g/mol. The maximum absolute atomic E-state index is 11.2. The fourth-order valence-corrected chi connectivity index (χ4v) is 3.60. The minimum absolute atomic E-state index is 0.0831. The normalized spacial score (nSPS) is 20.7. The number of hydrogen-bond acceptors (Lipinski definition) is 5. The SMILES string of the molecule is C=C1C(=NCCC)C(=C(C)N)C(c2ccc(Cl)cc2)N1C(/C=C(/Cl)C=O)=C/N(C)C. The molecule has 1 unspecified atom stereocenters. The third-order valence-electron chi connectivity index (χ3n) is 4.52. The number of halogens is 2. The number of nitrogens with zero attached hydrogens (tertiary/aromatic N) is 3. The van der Waals surface area contributed by atoms with E-state index in [-0.39, 0.29) is 11.1 Å². The van der Waals surface area contributed by atoms with Crippen LogP contribution in [0.2, 0.25) is 5.02 Å². The molecule has 0 aromatic heterocycles. The van der Waals surface area contributed by atoms with Crippen LogP contribution >= 0.6 is 23.2 Å². The quantitative estimate of drug-likeness (QED) is 0.362. The Morgan fingerprint density at radius 2 is 1.97 bits per heavy atom. The molecule has 0 radical (unpaired) electrons. The molecule has 1 fully saturated rings. The highest BCUT2D eigenvalue weighted by Crippen LogP contribution is 2.44. The zero-order valence-electron chi connectivity index (χ0n) is 17.8. The largest absolute Gasteiger partial charge is 0.402 e. The van der Waals surface area contributed by atoms with Gasteiger partial charge in [0.05, 0.1) is 28.2 Å². The van der Waals surface area contributed by atoms with E-state index >= 15 is 0 Å². The van der Waals surface area contributed by atoms with Crippen molar-refractivity contribution < 1.29 is 4.79 Å². The standard InChI is InChI=1S/C23H28Cl2N4O/c1-6-11-27-22-16(3)29(20(13-28(4)5)12-19(25)14-30)23(21(22)15(2)26)17-7-9-18(24)10-8-17/h7-10,12-14,23H,3,6,11,26H2,1-2,4-5H3/b19-12+,20-13+,21-15?,27-22?. The summed E-state index contributed by atoms with van der Waals surface area (Å²) in [6.07, 6.45) is 5.01. The van der Waals surface area contributed by atoms with Gasteiger partial charge >= 0.3 is 0 Å². The molecule has 2 rings (SSSR count). The van der Waals surface area contributed by atoms with Crippen LogP contribution in [0.4, 0.5) is 0 Å². The van der Waals surface area contributed by atoms with Gasteiger partial charge in [0.15, 0.2) is 6.29 Å². The van der Waals surface area contributed by atoms with Crippen LogP contribution in [-0.4, -0.2) is 42.4 Å². The predicted molar refractivity (Wildman–Crippen MR) is 126 cm³/mol. The molecule has 1 aliphatic rings. The van der Waals surface area contributed by atoms with Gasteiger partial charge in [-0.05, 0) is 37.1 Å². The first kappa shape index (κ1) is 23.8. The minimum atomic E-state index is -0.283. The van der Waals surface area contributed by atoms with Crippen molar-refractivity contribution in [3.05, 3.63) is 81.4 Å². The third kappa shape index (κ3) is 5.35. The Morgan fingerprint density at radius 1 is 1.33 bits per heavy atom. The number of benzene rings is 1. The molecule has 0 saturated carbocycles. The number of likely N-dealkylation sites (tertiary alicyclic amines) is 1. The second-order valence-electron chi connectivity index (χ2n) is 7.26. The summed E-state index contributed by atoms with van der Waals surface area (Å²) >= 11 is 12.2. The van der Waals surface area contributed by atoms with Crippen molar-refractivity contribution >= 4 is 35.2 Å². The molecular weight excluding hydrogens is 419 g/mol. The lowest BCUT2D eigenvalue weighted by Gasteiger charge is -2.29. The number of nitrogens with two attached hydrogens (primary N) is 1.